The van der Waals surface area contributed by atoms with Crippen LogP contribution in [0.25, 0.3) is 0 Å². The van der Waals surface area contributed by atoms with E-state index < -0.39 is 0 Å². The molecule has 0 saturated carbocycles. The van der Waals surface area contributed by atoms with Crippen molar-refractivity contribution in [1.29, 1.82) is 0 Å². The second-order valence-electron chi connectivity index (χ2n) is 8.34. The second-order valence-corrected chi connectivity index (χ2v) is 9.72. The zero-order chi connectivity index (χ0) is 20.2. The number of thioether (sulfide) groups is 1. The minimum absolute atomic E-state index is 0.0670. The molecule has 1 aromatic rings. The van der Waals surface area contributed by atoms with E-state index >= 15 is 0 Å². The number of hydrogen-bond donors (Lipinski definition) is 0. The van der Waals surface area contributed by atoms with Gasteiger partial charge in [0.15, 0.2) is 0 Å². The van der Waals surface area contributed by atoms with Gasteiger partial charge in [-0.05, 0) is 56.2 Å². The van der Waals surface area contributed by atoms with Gasteiger partial charge in [0.2, 0.25) is 5.91 Å². The number of esters is 1. The van der Waals surface area contributed by atoms with E-state index in [9.17, 15) is 9.59 Å². The zero-order valence-electron chi connectivity index (χ0n) is 17.5. The van der Waals surface area contributed by atoms with Crippen molar-refractivity contribution in [3.05, 3.63) is 29.3 Å². The van der Waals surface area contributed by atoms with Gasteiger partial charge in [-0.3, -0.25) is 9.59 Å². The number of likely N-dealkylation sites (tertiary alicyclic amines) is 1. The van der Waals surface area contributed by atoms with Gasteiger partial charge in [0, 0.05) is 18.0 Å². The summed E-state index contributed by atoms with van der Waals surface area (Å²) in [6.07, 6.45) is 1.39. The molecule has 150 valence electrons. The molecule has 1 aliphatic rings. The summed E-state index contributed by atoms with van der Waals surface area (Å²) in [6, 6.07) is 6.54. The molecule has 0 aliphatic carbocycles. The van der Waals surface area contributed by atoms with Gasteiger partial charge in [-0.25, -0.2) is 0 Å². The number of aryl methyl sites for hydroxylation is 1. The molecule has 1 saturated heterocycles. The quantitative estimate of drug-likeness (QED) is 0.545. The van der Waals surface area contributed by atoms with Crippen LogP contribution in [0.5, 0.6) is 0 Å². The molecule has 1 unspecified atom stereocenters. The summed E-state index contributed by atoms with van der Waals surface area (Å²) >= 11 is 1.63. The summed E-state index contributed by atoms with van der Waals surface area (Å²) in [5.41, 5.74) is 2.57. The third-order valence-corrected chi connectivity index (χ3v) is 6.38. The SMILES string of the molecule is CCOC(=O)C1CCN(C(=O)C(C)Sc2cc(C(C)(C)C)ccc2C)CC1. The lowest BCUT2D eigenvalue weighted by atomic mass is 9.87. The van der Waals surface area contributed by atoms with E-state index in [4.69, 9.17) is 4.74 Å². The van der Waals surface area contributed by atoms with Crippen molar-refractivity contribution in [1.82, 2.24) is 4.90 Å². The van der Waals surface area contributed by atoms with Gasteiger partial charge in [-0.2, -0.15) is 0 Å². The van der Waals surface area contributed by atoms with Crippen molar-refractivity contribution < 1.29 is 14.3 Å². The first kappa shape index (κ1) is 21.8. The summed E-state index contributed by atoms with van der Waals surface area (Å²) in [7, 11) is 0. The average Bonchev–Trinajstić information content (AvgIpc) is 2.62. The Hall–Kier alpha value is -1.49. The zero-order valence-corrected chi connectivity index (χ0v) is 18.3. The number of benzene rings is 1. The standard InChI is InChI=1S/C22H33NO3S/c1-7-26-21(25)17-10-12-23(13-11-17)20(24)16(3)27-19-14-18(22(4,5)6)9-8-15(19)2/h8-9,14,16-17H,7,10-13H2,1-6H3. The Labute approximate surface area is 168 Å². The fourth-order valence-corrected chi connectivity index (χ4v) is 4.37. The van der Waals surface area contributed by atoms with Crippen LogP contribution >= 0.6 is 11.8 Å². The number of rotatable bonds is 5. The monoisotopic (exact) mass is 391 g/mol. The van der Waals surface area contributed by atoms with Crippen LogP contribution in [0, 0.1) is 12.8 Å². The molecule has 0 aromatic heterocycles. The molecular formula is C22H33NO3S. The molecule has 4 nitrogen and oxygen atoms in total. The lowest BCUT2D eigenvalue weighted by Gasteiger charge is -2.32. The Morgan fingerprint density at radius 2 is 1.89 bits per heavy atom. The van der Waals surface area contributed by atoms with Gasteiger partial charge in [-0.1, -0.05) is 32.9 Å². The third-order valence-electron chi connectivity index (χ3n) is 5.13. The fourth-order valence-electron chi connectivity index (χ4n) is 3.29. The number of piperidine rings is 1. The highest BCUT2D eigenvalue weighted by atomic mass is 32.2. The normalized spacial score (nSPS) is 16.9. The largest absolute Gasteiger partial charge is 0.466 e. The highest BCUT2D eigenvalue weighted by Crippen LogP contribution is 2.33. The highest BCUT2D eigenvalue weighted by molar-refractivity contribution is 8.00. The minimum atomic E-state index is -0.141. The molecule has 1 fully saturated rings. The van der Waals surface area contributed by atoms with Crippen LogP contribution in [0.15, 0.2) is 23.1 Å². The molecule has 0 radical (unpaired) electrons. The minimum Gasteiger partial charge on any atom is -0.466 e. The Bertz CT molecular complexity index is 673. The Kier molecular flexibility index (Phi) is 7.38. The molecule has 1 amide bonds. The van der Waals surface area contributed by atoms with E-state index in [1.165, 1.54) is 16.0 Å². The summed E-state index contributed by atoms with van der Waals surface area (Å²) in [5, 5.41) is -0.141. The summed E-state index contributed by atoms with van der Waals surface area (Å²) in [5.74, 6) is -0.0350. The molecule has 0 N–H and O–H groups in total. The van der Waals surface area contributed by atoms with E-state index in [0.29, 0.717) is 32.5 Å². The average molecular weight is 392 g/mol. The number of hydrogen-bond acceptors (Lipinski definition) is 4. The molecule has 27 heavy (non-hydrogen) atoms. The number of carbonyl (C=O) groups excluding carboxylic acids is 2. The Balaban J connectivity index is 1.98. The van der Waals surface area contributed by atoms with Crippen molar-refractivity contribution in [2.75, 3.05) is 19.7 Å². The molecule has 1 heterocycles. The lowest BCUT2D eigenvalue weighted by molar-refractivity contribution is -0.151. The molecule has 0 spiro atoms. The molecule has 1 atom stereocenters. The third kappa shape index (κ3) is 5.74. The topological polar surface area (TPSA) is 46.6 Å². The Morgan fingerprint density at radius 3 is 2.44 bits per heavy atom. The van der Waals surface area contributed by atoms with Gasteiger partial charge >= 0.3 is 5.97 Å². The molecule has 1 aliphatic heterocycles. The van der Waals surface area contributed by atoms with Crippen LogP contribution in [-0.4, -0.2) is 41.7 Å². The predicted octanol–water partition coefficient (Wildman–Crippen LogP) is 4.57. The van der Waals surface area contributed by atoms with Gasteiger partial charge in [-0.15, -0.1) is 11.8 Å². The van der Waals surface area contributed by atoms with E-state index in [1.54, 1.807) is 11.8 Å². The van der Waals surface area contributed by atoms with Crippen molar-refractivity contribution in [2.45, 2.75) is 69.9 Å². The highest BCUT2D eigenvalue weighted by Gasteiger charge is 2.30. The van der Waals surface area contributed by atoms with Crippen LogP contribution < -0.4 is 0 Å². The van der Waals surface area contributed by atoms with E-state index in [0.717, 1.165) is 0 Å². The van der Waals surface area contributed by atoms with Crippen LogP contribution in [0.4, 0.5) is 0 Å². The number of ether oxygens (including phenoxy) is 1. The van der Waals surface area contributed by atoms with E-state index in [-0.39, 0.29) is 28.5 Å². The first-order valence-electron chi connectivity index (χ1n) is 9.86. The molecule has 1 aromatic carbocycles. The smallest absolute Gasteiger partial charge is 0.309 e. The second kappa shape index (κ2) is 9.13. The van der Waals surface area contributed by atoms with Crippen LogP contribution in [0.1, 0.15) is 58.6 Å². The predicted molar refractivity (Wildman–Crippen MR) is 111 cm³/mol. The lowest BCUT2D eigenvalue weighted by Crippen LogP contribution is -2.43. The van der Waals surface area contributed by atoms with Gasteiger partial charge in [0.25, 0.3) is 0 Å². The van der Waals surface area contributed by atoms with Crippen LogP contribution in [0.2, 0.25) is 0 Å². The maximum absolute atomic E-state index is 12.9. The number of amides is 1. The summed E-state index contributed by atoms with van der Waals surface area (Å²) < 4.78 is 5.11. The molecule has 0 bridgehead atoms. The molecule has 2 rings (SSSR count). The van der Waals surface area contributed by atoms with Gasteiger partial charge in [0.1, 0.15) is 0 Å². The van der Waals surface area contributed by atoms with Crippen LogP contribution in [-0.2, 0) is 19.7 Å². The van der Waals surface area contributed by atoms with Crippen molar-refractivity contribution in [3.8, 4) is 0 Å². The van der Waals surface area contributed by atoms with Gasteiger partial charge in [0.05, 0.1) is 17.8 Å². The first-order valence-corrected chi connectivity index (χ1v) is 10.7. The first-order chi connectivity index (χ1) is 12.6. The molecular weight excluding hydrogens is 358 g/mol. The van der Waals surface area contributed by atoms with Gasteiger partial charge < -0.3 is 9.64 Å². The Morgan fingerprint density at radius 1 is 1.26 bits per heavy atom. The van der Waals surface area contributed by atoms with Crippen molar-refractivity contribution in [2.24, 2.45) is 5.92 Å². The maximum atomic E-state index is 12.9. The summed E-state index contributed by atoms with van der Waals surface area (Å²) in [4.78, 5) is 27.8. The van der Waals surface area contributed by atoms with Crippen molar-refractivity contribution in [3.63, 3.8) is 0 Å². The van der Waals surface area contributed by atoms with E-state index in [1.807, 2.05) is 18.7 Å². The van der Waals surface area contributed by atoms with E-state index in [2.05, 4.69) is 45.9 Å². The number of nitrogens with zero attached hydrogens (tertiary/aromatic N) is 1. The van der Waals surface area contributed by atoms with Crippen LogP contribution in [0.3, 0.4) is 0 Å². The summed E-state index contributed by atoms with van der Waals surface area (Å²) in [6.45, 7) is 14.2. The maximum Gasteiger partial charge on any atom is 0.309 e. The fraction of sp³-hybridized carbons (Fsp3) is 0.636. The molecule has 5 heteroatoms. The number of carbonyl (C=O) groups is 2. The van der Waals surface area contributed by atoms with Crippen molar-refractivity contribution >= 4 is 23.6 Å².